The molecule has 0 bridgehead atoms. The summed E-state index contributed by atoms with van der Waals surface area (Å²) in [6, 6.07) is 1.07. The lowest BCUT2D eigenvalue weighted by molar-refractivity contribution is -0.113. The summed E-state index contributed by atoms with van der Waals surface area (Å²) in [5, 5.41) is 7.86. The fourth-order valence-corrected chi connectivity index (χ4v) is 5.05. The minimum absolute atomic E-state index is 0.0822. The Morgan fingerprint density at radius 2 is 2.15 bits per heavy atom. The third-order valence-electron chi connectivity index (χ3n) is 6.82. The average molecular weight is 457 g/mol. The van der Waals surface area contributed by atoms with E-state index in [2.05, 4.69) is 10.4 Å². The second kappa shape index (κ2) is 9.61. The zero-order valence-electron chi connectivity index (χ0n) is 19.5. The molecule has 0 radical (unpaired) electrons. The standard InChI is InChI=1S/C24H32N4O5/c1-4-33-23(31)19-13-20-22(30)28(17-10-7-11-18(12-17)32-3)24(2,15-27(20)26-19)21(14-29)25-16-8-5-6-9-16/h7,10,12-14,16,18,21,25H,4-6,8-9,11,15H2,1-3H3/t18?,21-,24?/m0/s1. The number of aldehydes is 1. The highest BCUT2D eigenvalue weighted by Crippen LogP contribution is 2.35. The van der Waals surface area contributed by atoms with Crippen molar-refractivity contribution in [3.05, 3.63) is 41.4 Å². The van der Waals surface area contributed by atoms with E-state index in [1.54, 1.807) is 18.9 Å². The maximum absolute atomic E-state index is 13.8. The van der Waals surface area contributed by atoms with Crippen LogP contribution >= 0.6 is 0 Å². The summed E-state index contributed by atoms with van der Waals surface area (Å²) in [5.41, 5.74) is 0.0949. The van der Waals surface area contributed by atoms with E-state index in [0.29, 0.717) is 12.1 Å². The van der Waals surface area contributed by atoms with Gasteiger partial charge in [0.25, 0.3) is 5.91 Å². The number of carbonyl (C=O) groups excluding carboxylic acids is 3. The first kappa shape index (κ1) is 23.4. The molecule has 4 rings (SSSR count). The number of methoxy groups -OCH3 is 1. The topological polar surface area (TPSA) is 103 Å². The Labute approximate surface area is 193 Å². The predicted octanol–water partition coefficient (Wildman–Crippen LogP) is 2.23. The molecule has 33 heavy (non-hydrogen) atoms. The van der Waals surface area contributed by atoms with Gasteiger partial charge in [0.1, 0.15) is 12.0 Å². The number of allylic oxidation sites excluding steroid dienone is 1. The number of nitrogens with zero attached hydrogens (tertiary/aromatic N) is 3. The summed E-state index contributed by atoms with van der Waals surface area (Å²) >= 11 is 0. The summed E-state index contributed by atoms with van der Waals surface area (Å²) in [6.07, 6.45) is 11.4. The van der Waals surface area contributed by atoms with Crippen LogP contribution in [0.3, 0.4) is 0 Å². The van der Waals surface area contributed by atoms with E-state index in [4.69, 9.17) is 9.47 Å². The van der Waals surface area contributed by atoms with Crippen molar-refractivity contribution in [3.8, 4) is 0 Å². The molecule has 9 nitrogen and oxygen atoms in total. The third-order valence-corrected chi connectivity index (χ3v) is 6.82. The van der Waals surface area contributed by atoms with Gasteiger partial charge in [0.15, 0.2) is 5.69 Å². The smallest absolute Gasteiger partial charge is 0.358 e. The summed E-state index contributed by atoms with van der Waals surface area (Å²) in [4.78, 5) is 40.2. The highest BCUT2D eigenvalue weighted by atomic mass is 16.5. The number of aromatic nitrogens is 2. The zero-order valence-corrected chi connectivity index (χ0v) is 19.5. The van der Waals surface area contributed by atoms with Crippen molar-refractivity contribution in [1.82, 2.24) is 20.0 Å². The molecule has 3 atom stereocenters. The van der Waals surface area contributed by atoms with Crippen LogP contribution in [0.25, 0.3) is 0 Å². The van der Waals surface area contributed by atoms with Crippen LogP contribution in [0.5, 0.6) is 0 Å². The Kier molecular flexibility index (Phi) is 6.81. The number of amides is 1. The Hall–Kier alpha value is -2.78. The Bertz CT molecular complexity index is 977. The molecule has 0 spiro atoms. The first-order valence-corrected chi connectivity index (χ1v) is 11.6. The van der Waals surface area contributed by atoms with Crippen molar-refractivity contribution in [2.24, 2.45) is 0 Å². The van der Waals surface area contributed by atoms with Gasteiger partial charge in [-0.05, 0) is 45.3 Å². The number of esters is 1. The minimum atomic E-state index is -0.946. The molecule has 3 aliphatic rings. The molecular formula is C24H32N4O5. The highest BCUT2D eigenvalue weighted by molar-refractivity contribution is 5.98. The van der Waals surface area contributed by atoms with Gasteiger partial charge in [-0.1, -0.05) is 18.9 Å². The number of ether oxygens (including phenoxy) is 2. The van der Waals surface area contributed by atoms with E-state index in [1.807, 2.05) is 25.2 Å². The van der Waals surface area contributed by atoms with E-state index in [-0.39, 0.29) is 42.6 Å². The van der Waals surface area contributed by atoms with Crippen LogP contribution in [0.15, 0.2) is 30.0 Å². The Morgan fingerprint density at radius 3 is 2.82 bits per heavy atom. The van der Waals surface area contributed by atoms with Crippen molar-refractivity contribution in [2.75, 3.05) is 13.7 Å². The van der Waals surface area contributed by atoms with Gasteiger partial charge in [0.2, 0.25) is 0 Å². The third kappa shape index (κ3) is 4.39. The SMILES string of the molecule is CCOC(=O)c1cc2n(n1)CC(C)([C@H](C=O)NC1CCCC1)N(C1=CC(OC)CC=C1)C2=O. The van der Waals surface area contributed by atoms with Crippen LogP contribution in [0.4, 0.5) is 0 Å². The van der Waals surface area contributed by atoms with Crippen LogP contribution in [0.2, 0.25) is 0 Å². The number of hydrogen-bond donors (Lipinski definition) is 1. The maximum atomic E-state index is 13.8. The monoisotopic (exact) mass is 456 g/mol. The van der Waals surface area contributed by atoms with Gasteiger partial charge in [-0.25, -0.2) is 4.79 Å². The van der Waals surface area contributed by atoms with Gasteiger partial charge in [-0.3, -0.25) is 14.4 Å². The number of rotatable bonds is 8. The number of fused-ring (bicyclic) bond motifs is 1. The highest BCUT2D eigenvalue weighted by Gasteiger charge is 2.50. The van der Waals surface area contributed by atoms with Crippen molar-refractivity contribution in [2.45, 2.75) is 76.2 Å². The van der Waals surface area contributed by atoms with Gasteiger partial charge in [0, 0.05) is 24.9 Å². The van der Waals surface area contributed by atoms with Crippen molar-refractivity contribution < 1.29 is 23.9 Å². The maximum Gasteiger partial charge on any atom is 0.358 e. The summed E-state index contributed by atoms with van der Waals surface area (Å²) in [5.74, 6) is -0.896. The normalized spacial score (nSPS) is 26.2. The lowest BCUT2D eigenvalue weighted by Crippen LogP contribution is -2.67. The molecule has 1 aromatic rings. The van der Waals surface area contributed by atoms with Gasteiger partial charge in [-0.2, -0.15) is 5.10 Å². The van der Waals surface area contributed by atoms with E-state index in [1.165, 1.54) is 10.7 Å². The number of nitrogens with one attached hydrogen (secondary N) is 1. The van der Waals surface area contributed by atoms with Crippen molar-refractivity contribution >= 4 is 18.2 Å². The molecule has 0 aromatic carbocycles. The average Bonchev–Trinajstić information content (AvgIpc) is 3.47. The van der Waals surface area contributed by atoms with E-state index in [9.17, 15) is 14.4 Å². The zero-order chi connectivity index (χ0) is 23.6. The second-order valence-electron chi connectivity index (χ2n) is 9.06. The molecule has 2 aliphatic carbocycles. The molecule has 2 heterocycles. The molecule has 178 valence electrons. The molecule has 2 unspecified atom stereocenters. The Balaban J connectivity index is 1.77. The fraction of sp³-hybridized carbons (Fsp3) is 0.583. The molecule has 1 saturated carbocycles. The lowest BCUT2D eigenvalue weighted by atomic mass is 9.86. The first-order valence-electron chi connectivity index (χ1n) is 11.6. The van der Waals surface area contributed by atoms with Gasteiger partial charge < -0.3 is 19.6 Å². The molecule has 0 saturated heterocycles. The fourth-order valence-electron chi connectivity index (χ4n) is 5.05. The molecular weight excluding hydrogens is 424 g/mol. The second-order valence-corrected chi connectivity index (χ2v) is 9.06. The number of hydrogen-bond acceptors (Lipinski definition) is 7. The van der Waals surface area contributed by atoms with E-state index in [0.717, 1.165) is 32.0 Å². The van der Waals surface area contributed by atoms with Crippen LogP contribution in [0, 0.1) is 0 Å². The van der Waals surface area contributed by atoms with Gasteiger partial charge >= 0.3 is 5.97 Å². The molecule has 1 aromatic heterocycles. The molecule has 1 fully saturated rings. The summed E-state index contributed by atoms with van der Waals surface area (Å²) < 4.78 is 12.1. The van der Waals surface area contributed by atoms with Crippen LogP contribution < -0.4 is 5.32 Å². The van der Waals surface area contributed by atoms with Gasteiger partial charge in [0.05, 0.1) is 30.8 Å². The molecule has 1 amide bonds. The Morgan fingerprint density at radius 1 is 1.39 bits per heavy atom. The van der Waals surface area contributed by atoms with Crippen molar-refractivity contribution in [1.29, 1.82) is 0 Å². The summed E-state index contributed by atoms with van der Waals surface area (Å²) in [6.45, 7) is 4.08. The van der Waals surface area contributed by atoms with Crippen molar-refractivity contribution in [3.63, 3.8) is 0 Å². The van der Waals surface area contributed by atoms with Crippen LogP contribution in [-0.4, -0.2) is 70.3 Å². The van der Waals surface area contributed by atoms with Crippen LogP contribution in [0.1, 0.15) is 66.9 Å². The van der Waals surface area contributed by atoms with E-state index >= 15 is 0 Å². The predicted molar refractivity (Wildman–Crippen MR) is 121 cm³/mol. The number of carbonyl (C=O) groups is 3. The van der Waals surface area contributed by atoms with Crippen LogP contribution in [-0.2, 0) is 20.8 Å². The molecule has 1 aliphatic heterocycles. The molecule has 1 N–H and O–H groups in total. The lowest BCUT2D eigenvalue weighted by Gasteiger charge is -2.49. The quantitative estimate of drug-likeness (QED) is 0.473. The minimum Gasteiger partial charge on any atom is -0.461 e. The molecule has 9 heteroatoms. The van der Waals surface area contributed by atoms with Gasteiger partial charge in [-0.15, -0.1) is 0 Å². The first-order chi connectivity index (χ1) is 15.9. The van der Waals surface area contributed by atoms with E-state index < -0.39 is 17.6 Å². The summed E-state index contributed by atoms with van der Waals surface area (Å²) in [7, 11) is 1.63. The largest absolute Gasteiger partial charge is 0.461 e.